The molecule has 0 aromatic heterocycles. The summed E-state index contributed by atoms with van der Waals surface area (Å²) >= 11 is 1.61. The average Bonchev–Trinajstić information content (AvgIpc) is 2.55. The van der Waals surface area contributed by atoms with Crippen molar-refractivity contribution in [3.05, 3.63) is 53.6 Å². The SMILES string of the molecule is CCc1ccc(Sc2ccc(C(=O)OC)cc2)c(OC)c1. The van der Waals surface area contributed by atoms with Gasteiger partial charge in [-0.15, -0.1) is 0 Å². The number of carbonyl (C=O) groups is 1. The van der Waals surface area contributed by atoms with Crippen molar-refractivity contribution < 1.29 is 14.3 Å². The van der Waals surface area contributed by atoms with E-state index >= 15 is 0 Å². The van der Waals surface area contributed by atoms with Crippen molar-refractivity contribution in [2.75, 3.05) is 14.2 Å². The van der Waals surface area contributed by atoms with Crippen LogP contribution in [-0.4, -0.2) is 20.2 Å². The molecule has 0 unspecified atom stereocenters. The van der Waals surface area contributed by atoms with E-state index in [-0.39, 0.29) is 5.97 Å². The van der Waals surface area contributed by atoms with Gasteiger partial charge in [0.1, 0.15) is 5.75 Å². The summed E-state index contributed by atoms with van der Waals surface area (Å²) in [6.45, 7) is 2.12. The maximum atomic E-state index is 11.4. The van der Waals surface area contributed by atoms with Crippen LogP contribution in [0.2, 0.25) is 0 Å². The zero-order valence-corrected chi connectivity index (χ0v) is 13.2. The van der Waals surface area contributed by atoms with E-state index in [1.54, 1.807) is 31.0 Å². The number of hydrogen-bond donors (Lipinski definition) is 0. The van der Waals surface area contributed by atoms with Crippen LogP contribution in [0.4, 0.5) is 0 Å². The summed E-state index contributed by atoms with van der Waals surface area (Å²) in [5.74, 6) is 0.549. The number of carbonyl (C=O) groups excluding carboxylic acids is 1. The Morgan fingerprint density at radius 2 is 1.81 bits per heavy atom. The molecule has 110 valence electrons. The molecule has 0 saturated heterocycles. The topological polar surface area (TPSA) is 35.5 Å². The second-order valence-electron chi connectivity index (χ2n) is 4.46. The summed E-state index contributed by atoms with van der Waals surface area (Å²) in [5.41, 5.74) is 1.80. The van der Waals surface area contributed by atoms with Crippen molar-refractivity contribution in [1.82, 2.24) is 0 Å². The largest absolute Gasteiger partial charge is 0.496 e. The smallest absolute Gasteiger partial charge is 0.337 e. The standard InChI is InChI=1S/C17H18O3S/c1-4-12-5-10-16(15(11-12)19-2)21-14-8-6-13(7-9-14)17(18)20-3/h5-11H,4H2,1-3H3. The zero-order valence-electron chi connectivity index (χ0n) is 12.4. The minimum atomic E-state index is -0.323. The highest BCUT2D eigenvalue weighted by molar-refractivity contribution is 7.99. The lowest BCUT2D eigenvalue weighted by molar-refractivity contribution is 0.0600. The maximum Gasteiger partial charge on any atom is 0.337 e. The lowest BCUT2D eigenvalue weighted by Crippen LogP contribution is -2.00. The summed E-state index contributed by atoms with van der Waals surface area (Å²) in [6, 6.07) is 13.6. The molecule has 0 radical (unpaired) electrons. The predicted octanol–water partition coefficient (Wildman–Crippen LogP) is 4.20. The van der Waals surface area contributed by atoms with Crippen molar-refractivity contribution in [3.63, 3.8) is 0 Å². The van der Waals surface area contributed by atoms with E-state index in [9.17, 15) is 4.79 Å². The molecule has 0 aliphatic rings. The molecular formula is C17H18O3S. The number of methoxy groups -OCH3 is 2. The molecule has 21 heavy (non-hydrogen) atoms. The minimum Gasteiger partial charge on any atom is -0.496 e. The van der Waals surface area contributed by atoms with Crippen molar-refractivity contribution in [2.24, 2.45) is 0 Å². The number of benzene rings is 2. The normalized spacial score (nSPS) is 10.2. The fourth-order valence-corrected chi connectivity index (χ4v) is 2.83. The summed E-state index contributed by atoms with van der Waals surface area (Å²) < 4.78 is 10.1. The molecule has 0 spiro atoms. The Kier molecular flexibility index (Phi) is 5.28. The van der Waals surface area contributed by atoms with Crippen LogP contribution in [0.5, 0.6) is 5.75 Å². The third-order valence-electron chi connectivity index (χ3n) is 3.14. The third kappa shape index (κ3) is 3.79. The predicted molar refractivity (Wildman–Crippen MR) is 84.3 cm³/mol. The van der Waals surface area contributed by atoms with Gasteiger partial charge in [-0.05, 0) is 48.4 Å². The van der Waals surface area contributed by atoms with Crippen LogP contribution in [0, 0.1) is 0 Å². The van der Waals surface area contributed by atoms with Crippen LogP contribution in [0.15, 0.2) is 52.3 Å². The zero-order chi connectivity index (χ0) is 15.2. The molecule has 4 heteroatoms. The molecule has 0 N–H and O–H groups in total. The molecule has 0 aliphatic heterocycles. The molecule has 3 nitrogen and oxygen atoms in total. The quantitative estimate of drug-likeness (QED) is 0.776. The van der Waals surface area contributed by atoms with Gasteiger partial charge in [-0.2, -0.15) is 0 Å². The first-order valence-corrected chi connectivity index (χ1v) is 7.52. The Labute approximate surface area is 129 Å². The van der Waals surface area contributed by atoms with Crippen LogP contribution in [0.1, 0.15) is 22.8 Å². The highest BCUT2D eigenvalue weighted by Crippen LogP contribution is 2.35. The Balaban J connectivity index is 2.20. The molecule has 0 amide bonds. The van der Waals surface area contributed by atoms with Crippen molar-refractivity contribution >= 4 is 17.7 Å². The second kappa shape index (κ2) is 7.18. The Morgan fingerprint density at radius 1 is 1.10 bits per heavy atom. The van der Waals surface area contributed by atoms with E-state index < -0.39 is 0 Å². The highest BCUT2D eigenvalue weighted by Gasteiger charge is 2.08. The first-order chi connectivity index (χ1) is 10.2. The molecular weight excluding hydrogens is 284 g/mol. The van der Waals surface area contributed by atoms with Gasteiger partial charge in [0.15, 0.2) is 0 Å². The maximum absolute atomic E-state index is 11.4. The molecule has 0 atom stereocenters. The number of ether oxygens (including phenoxy) is 2. The van der Waals surface area contributed by atoms with Crippen LogP contribution >= 0.6 is 11.8 Å². The summed E-state index contributed by atoms with van der Waals surface area (Å²) in [7, 11) is 3.06. The molecule has 0 heterocycles. The van der Waals surface area contributed by atoms with E-state index in [0.717, 1.165) is 22.0 Å². The van der Waals surface area contributed by atoms with Crippen LogP contribution in [0.3, 0.4) is 0 Å². The Hall–Kier alpha value is -1.94. The molecule has 2 aromatic carbocycles. The average molecular weight is 302 g/mol. The molecule has 0 bridgehead atoms. The van der Waals surface area contributed by atoms with E-state index in [0.29, 0.717) is 5.56 Å². The third-order valence-corrected chi connectivity index (χ3v) is 4.20. The van der Waals surface area contributed by atoms with Crippen molar-refractivity contribution in [2.45, 2.75) is 23.1 Å². The summed E-state index contributed by atoms with van der Waals surface area (Å²) in [5, 5.41) is 0. The van der Waals surface area contributed by atoms with Gasteiger partial charge in [0, 0.05) is 4.90 Å². The van der Waals surface area contributed by atoms with Crippen molar-refractivity contribution in [1.29, 1.82) is 0 Å². The van der Waals surface area contributed by atoms with Crippen molar-refractivity contribution in [3.8, 4) is 5.75 Å². The summed E-state index contributed by atoms with van der Waals surface area (Å²) in [4.78, 5) is 13.5. The van der Waals surface area contributed by atoms with Crippen LogP contribution in [0.25, 0.3) is 0 Å². The van der Waals surface area contributed by atoms with Gasteiger partial charge in [0.25, 0.3) is 0 Å². The lowest BCUT2D eigenvalue weighted by atomic mass is 10.2. The van der Waals surface area contributed by atoms with E-state index in [1.807, 2.05) is 12.1 Å². The molecule has 2 rings (SSSR count). The van der Waals surface area contributed by atoms with Gasteiger partial charge in [-0.3, -0.25) is 0 Å². The van der Waals surface area contributed by atoms with Crippen LogP contribution < -0.4 is 4.74 Å². The number of rotatable bonds is 5. The first kappa shape index (κ1) is 15.4. The van der Waals surface area contributed by atoms with Gasteiger partial charge in [-0.1, -0.05) is 24.8 Å². The van der Waals surface area contributed by atoms with E-state index in [2.05, 4.69) is 25.1 Å². The van der Waals surface area contributed by atoms with Gasteiger partial charge >= 0.3 is 5.97 Å². The van der Waals surface area contributed by atoms with Crippen LogP contribution in [-0.2, 0) is 11.2 Å². The number of esters is 1. The first-order valence-electron chi connectivity index (χ1n) is 6.71. The summed E-state index contributed by atoms with van der Waals surface area (Å²) in [6.07, 6.45) is 0.981. The Bertz CT molecular complexity index is 620. The molecule has 0 aliphatic carbocycles. The molecule has 2 aromatic rings. The van der Waals surface area contributed by atoms with E-state index in [4.69, 9.17) is 9.47 Å². The van der Waals surface area contributed by atoms with E-state index in [1.165, 1.54) is 12.7 Å². The van der Waals surface area contributed by atoms with Gasteiger partial charge in [0.2, 0.25) is 0 Å². The van der Waals surface area contributed by atoms with Gasteiger partial charge < -0.3 is 9.47 Å². The monoisotopic (exact) mass is 302 g/mol. The lowest BCUT2D eigenvalue weighted by Gasteiger charge is -2.10. The second-order valence-corrected chi connectivity index (χ2v) is 5.57. The number of aryl methyl sites for hydroxylation is 1. The van der Waals surface area contributed by atoms with Gasteiger partial charge in [-0.25, -0.2) is 4.79 Å². The Morgan fingerprint density at radius 3 is 2.38 bits per heavy atom. The fraction of sp³-hybridized carbons (Fsp3) is 0.235. The highest BCUT2D eigenvalue weighted by atomic mass is 32.2. The fourth-order valence-electron chi connectivity index (χ4n) is 1.92. The molecule has 0 fully saturated rings. The number of hydrogen-bond acceptors (Lipinski definition) is 4. The molecule has 0 saturated carbocycles. The van der Waals surface area contributed by atoms with Gasteiger partial charge in [0.05, 0.1) is 24.7 Å². The minimum absolute atomic E-state index is 0.323.